The van der Waals surface area contributed by atoms with E-state index >= 15 is 0 Å². The molecule has 3 amide bonds. The van der Waals surface area contributed by atoms with Gasteiger partial charge in [-0.2, -0.15) is 0 Å². The second-order valence-electron chi connectivity index (χ2n) is 6.31. The van der Waals surface area contributed by atoms with E-state index in [1.165, 1.54) is 22.7 Å². The summed E-state index contributed by atoms with van der Waals surface area (Å²) in [5.41, 5.74) is 0.569. The summed E-state index contributed by atoms with van der Waals surface area (Å²) in [6.07, 6.45) is 1.57. The lowest BCUT2D eigenvalue weighted by atomic mass is 9.97. The van der Waals surface area contributed by atoms with E-state index in [0.29, 0.717) is 30.5 Å². The zero-order valence-corrected chi connectivity index (χ0v) is 17.1. The van der Waals surface area contributed by atoms with Crippen LogP contribution in [0.1, 0.15) is 25.5 Å². The van der Waals surface area contributed by atoms with Gasteiger partial charge in [-0.15, -0.1) is 22.7 Å². The molecule has 1 atom stereocenters. The van der Waals surface area contributed by atoms with Crippen molar-refractivity contribution in [3.05, 3.63) is 28.6 Å². The first-order valence-corrected chi connectivity index (χ1v) is 10.8. The molecule has 2 aromatic rings. The Balaban J connectivity index is 1.52. The Bertz CT molecular complexity index is 821. The van der Waals surface area contributed by atoms with Gasteiger partial charge in [0.05, 0.1) is 29.6 Å². The number of piperidine rings is 1. The number of thiophene rings is 1. The van der Waals surface area contributed by atoms with Crippen molar-refractivity contribution in [2.75, 3.05) is 30.3 Å². The lowest BCUT2D eigenvalue weighted by molar-refractivity contribution is -0.142. The first-order valence-electron chi connectivity index (χ1n) is 9.05. The average Bonchev–Trinajstić information content (AvgIpc) is 3.34. The molecule has 2 N–H and O–H groups in total. The van der Waals surface area contributed by atoms with Crippen molar-refractivity contribution < 1.29 is 19.1 Å². The summed E-state index contributed by atoms with van der Waals surface area (Å²) in [5, 5.41) is 10.5. The molecular weight excluding hydrogens is 400 g/mol. The predicted octanol–water partition coefficient (Wildman–Crippen LogP) is 3.19. The number of likely N-dealkylation sites (tertiary alicyclic amines) is 1. The number of aromatic nitrogens is 1. The van der Waals surface area contributed by atoms with Gasteiger partial charge in [0, 0.05) is 18.5 Å². The molecule has 1 aliphatic heterocycles. The number of thiazole rings is 1. The van der Waals surface area contributed by atoms with E-state index in [1.54, 1.807) is 17.2 Å². The molecule has 0 aliphatic carbocycles. The summed E-state index contributed by atoms with van der Waals surface area (Å²) in [6, 6.07) is 3.52. The molecule has 0 bridgehead atoms. The molecule has 1 aliphatic rings. The Hall–Kier alpha value is -2.46. The number of hydrogen-bond acceptors (Lipinski definition) is 7. The minimum Gasteiger partial charge on any atom is -0.466 e. The Kier molecular flexibility index (Phi) is 6.99. The van der Waals surface area contributed by atoms with Crippen LogP contribution in [0.25, 0.3) is 0 Å². The van der Waals surface area contributed by atoms with Gasteiger partial charge in [0.25, 0.3) is 0 Å². The predicted molar refractivity (Wildman–Crippen MR) is 109 cm³/mol. The van der Waals surface area contributed by atoms with Crippen LogP contribution in [0.15, 0.2) is 22.9 Å². The van der Waals surface area contributed by atoms with Gasteiger partial charge >= 0.3 is 12.0 Å². The minimum absolute atomic E-state index is 0.0836. The van der Waals surface area contributed by atoms with Gasteiger partial charge in [-0.25, -0.2) is 9.78 Å². The molecule has 1 saturated heterocycles. The van der Waals surface area contributed by atoms with E-state index in [9.17, 15) is 14.4 Å². The molecule has 0 aromatic carbocycles. The zero-order chi connectivity index (χ0) is 19.9. The van der Waals surface area contributed by atoms with E-state index < -0.39 is 0 Å². The number of carbonyl (C=O) groups is 3. The largest absolute Gasteiger partial charge is 0.466 e. The highest BCUT2D eigenvalue weighted by Gasteiger charge is 2.29. The second-order valence-corrected chi connectivity index (χ2v) is 8.11. The summed E-state index contributed by atoms with van der Waals surface area (Å²) < 4.78 is 4.90. The van der Waals surface area contributed by atoms with E-state index in [2.05, 4.69) is 15.6 Å². The van der Waals surface area contributed by atoms with Crippen LogP contribution < -0.4 is 10.6 Å². The van der Waals surface area contributed by atoms with Crippen molar-refractivity contribution in [2.45, 2.75) is 26.2 Å². The number of hydrogen-bond donors (Lipinski definition) is 2. The summed E-state index contributed by atoms with van der Waals surface area (Å²) in [4.78, 5) is 42.4. The van der Waals surface area contributed by atoms with Crippen molar-refractivity contribution in [3.8, 4) is 0 Å². The third kappa shape index (κ3) is 5.52. The third-order valence-corrected chi connectivity index (χ3v) is 5.84. The molecule has 8 nitrogen and oxygen atoms in total. The standard InChI is InChI=1S/C18H22N4O4S2/c1-2-26-15(23)9-13-11-28-17(19-13)21-16(24)12-5-3-7-22(10-12)18(25)20-14-6-4-8-27-14/h4,6,8,11-12H,2-3,5,7,9-10H2,1H3,(H,20,25)(H,19,21,24). The Labute approximate surface area is 170 Å². The Morgan fingerprint density at radius 3 is 2.93 bits per heavy atom. The number of anilines is 2. The highest BCUT2D eigenvalue weighted by atomic mass is 32.1. The van der Waals surface area contributed by atoms with E-state index in [0.717, 1.165) is 17.8 Å². The van der Waals surface area contributed by atoms with Gasteiger partial charge in [-0.05, 0) is 37.3 Å². The van der Waals surface area contributed by atoms with Crippen LogP contribution in [0.4, 0.5) is 14.9 Å². The molecule has 10 heteroatoms. The molecule has 1 unspecified atom stereocenters. The van der Waals surface area contributed by atoms with Gasteiger partial charge < -0.3 is 15.0 Å². The van der Waals surface area contributed by atoms with Gasteiger partial charge in [-0.1, -0.05) is 0 Å². The molecule has 3 heterocycles. The lowest BCUT2D eigenvalue weighted by Gasteiger charge is -2.31. The monoisotopic (exact) mass is 422 g/mol. The fourth-order valence-corrected chi connectivity index (χ4v) is 4.24. The smallest absolute Gasteiger partial charge is 0.322 e. The maximum absolute atomic E-state index is 12.6. The van der Waals surface area contributed by atoms with Crippen LogP contribution in [0.5, 0.6) is 0 Å². The molecule has 0 radical (unpaired) electrons. The molecule has 150 valence electrons. The van der Waals surface area contributed by atoms with Crippen molar-refractivity contribution in [1.82, 2.24) is 9.88 Å². The topological polar surface area (TPSA) is 101 Å². The minimum atomic E-state index is -0.342. The van der Waals surface area contributed by atoms with Crippen LogP contribution >= 0.6 is 22.7 Å². The van der Waals surface area contributed by atoms with Gasteiger partial charge in [-0.3, -0.25) is 14.9 Å². The first-order chi connectivity index (χ1) is 13.5. The zero-order valence-electron chi connectivity index (χ0n) is 15.5. The first kappa shape index (κ1) is 20.3. The Morgan fingerprint density at radius 1 is 1.32 bits per heavy atom. The summed E-state index contributed by atoms with van der Waals surface area (Å²) in [5.74, 6) is -0.795. The van der Waals surface area contributed by atoms with E-state index in [4.69, 9.17) is 4.74 Å². The SMILES string of the molecule is CCOC(=O)Cc1csc(NC(=O)C2CCCN(C(=O)Nc3cccs3)C2)n1. The van der Waals surface area contributed by atoms with Crippen molar-refractivity contribution in [1.29, 1.82) is 0 Å². The van der Waals surface area contributed by atoms with Gasteiger partial charge in [0.2, 0.25) is 5.91 Å². The van der Waals surface area contributed by atoms with Crippen molar-refractivity contribution in [3.63, 3.8) is 0 Å². The fourth-order valence-electron chi connectivity index (χ4n) is 2.92. The van der Waals surface area contributed by atoms with Crippen molar-refractivity contribution in [2.24, 2.45) is 5.92 Å². The van der Waals surface area contributed by atoms with Crippen LogP contribution in [0.3, 0.4) is 0 Å². The number of rotatable bonds is 6. The quantitative estimate of drug-likeness (QED) is 0.697. The summed E-state index contributed by atoms with van der Waals surface area (Å²) >= 11 is 2.73. The normalized spacial score (nSPS) is 16.5. The molecule has 2 aromatic heterocycles. The number of urea groups is 1. The highest BCUT2D eigenvalue weighted by molar-refractivity contribution is 7.14. The highest BCUT2D eigenvalue weighted by Crippen LogP contribution is 2.22. The third-order valence-electron chi connectivity index (χ3n) is 4.24. The maximum Gasteiger partial charge on any atom is 0.322 e. The number of carbonyl (C=O) groups excluding carboxylic acids is 3. The van der Waals surface area contributed by atoms with Crippen LogP contribution in [0, 0.1) is 5.92 Å². The molecule has 28 heavy (non-hydrogen) atoms. The fraction of sp³-hybridized carbons (Fsp3) is 0.444. The van der Waals surface area contributed by atoms with Crippen LogP contribution in [-0.2, 0) is 20.7 Å². The molecule has 0 saturated carbocycles. The number of amides is 3. The maximum atomic E-state index is 12.6. The average molecular weight is 423 g/mol. The molecular formula is C18H22N4O4S2. The summed E-state index contributed by atoms with van der Waals surface area (Å²) in [6.45, 7) is 3.07. The second kappa shape index (κ2) is 9.65. The van der Waals surface area contributed by atoms with Crippen LogP contribution in [0.2, 0.25) is 0 Å². The molecule has 1 fully saturated rings. The van der Waals surface area contributed by atoms with E-state index in [1.807, 2.05) is 17.5 Å². The number of nitrogens with zero attached hydrogens (tertiary/aromatic N) is 2. The molecule has 3 rings (SSSR count). The lowest BCUT2D eigenvalue weighted by Crippen LogP contribution is -2.45. The number of esters is 1. The Morgan fingerprint density at radius 2 is 2.18 bits per heavy atom. The number of nitrogens with one attached hydrogen (secondary N) is 2. The molecule has 0 spiro atoms. The number of ether oxygens (including phenoxy) is 1. The van der Waals surface area contributed by atoms with Gasteiger partial charge in [0.1, 0.15) is 0 Å². The van der Waals surface area contributed by atoms with E-state index in [-0.39, 0.29) is 30.2 Å². The van der Waals surface area contributed by atoms with Crippen molar-refractivity contribution >= 4 is 50.7 Å². The van der Waals surface area contributed by atoms with Gasteiger partial charge in [0.15, 0.2) is 5.13 Å². The van der Waals surface area contributed by atoms with Crippen LogP contribution in [-0.4, -0.2) is 47.5 Å². The summed E-state index contributed by atoms with van der Waals surface area (Å²) in [7, 11) is 0.